The van der Waals surface area contributed by atoms with Crippen LogP contribution in [0.5, 0.6) is 5.88 Å². The van der Waals surface area contributed by atoms with Gasteiger partial charge in [0.15, 0.2) is 0 Å². The predicted molar refractivity (Wildman–Crippen MR) is 59.2 cm³/mol. The van der Waals surface area contributed by atoms with Crippen LogP contribution in [0.25, 0.3) is 0 Å². The molecule has 2 aromatic rings. The lowest BCUT2D eigenvalue weighted by Gasteiger charge is -2.05. The predicted octanol–water partition coefficient (Wildman–Crippen LogP) is 2.08. The highest BCUT2D eigenvalue weighted by Crippen LogP contribution is 2.09. The molecule has 0 amide bonds. The summed E-state index contributed by atoms with van der Waals surface area (Å²) in [5, 5.41) is 3.08. The van der Waals surface area contributed by atoms with Gasteiger partial charge in [-0.15, -0.1) is 0 Å². The van der Waals surface area contributed by atoms with E-state index in [2.05, 4.69) is 15.3 Å². The van der Waals surface area contributed by atoms with Gasteiger partial charge in [0, 0.05) is 24.4 Å². The van der Waals surface area contributed by atoms with Gasteiger partial charge in [0.05, 0.1) is 19.1 Å². The van der Waals surface area contributed by atoms with Crippen molar-refractivity contribution in [3.63, 3.8) is 0 Å². The summed E-state index contributed by atoms with van der Waals surface area (Å²) in [7, 11) is 0. The molecule has 0 radical (unpaired) electrons. The summed E-state index contributed by atoms with van der Waals surface area (Å²) in [6, 6.07) is 3.62. The maximum absolute atomic E-state index is 5.27. The van der Waals surface area contributed by atoms with E-state index in [1.54, 1.807) is 24.8 Å². The van der Waals surface area contributed by atoms with Crippen LogP contribution >= 0.6 is 0 Å². The van der Waals surface area contributed by atoms with Gasteiger partial charge in [-0.05, 0) is 13.0 Å². The zero-order valence-electron chi connectivity index (χ0n) is 9.01. The van der Waals surface area contributed by atoms with Crippen molar-refractivity contribution in [3.8, 4) is 5.88 Å². The minimum atomic E-state index is 0.548. The van der Waals surface area contributed by atoms with Gasteiger partial charge >= 0.3 is 0 Å². The molecule has 5 heteroatoms. The Bertz CT molecular complexity index is 429. The molecule has 0 spiro atoms. The number of hydrogen-bond donors (Lipinski definition) is 1. The molecule has 16 heavy (non-hydrogen) atoms. The lowest BCUT2D eigenvalue weighted by atomic mass is 10.3. The van der Waals surface area contributed by atoms with Crippen LogP contribution in [0.15, 0.2) is 35.3 Å². The van der Waals surface area contributed by atoms with Crippen molar-refractivity contribution >= 4 is 5.95 Å². The van der Waals surface area contributed by atoms with Gasteiger partial charge in [0.25, 0.3) is 0 Å². The van der Waals surface area contributed by atoms with E-state index >= 15 is 0 Å². The van der Waals surface area contributed by atoms with E-state index in [9.17, 15) is 0 Å². The third-order valence-electron chi connectivity index (χ3n) is 1.95. The quantitative estimate of drug-likeness (QED) is 0.834. The lowest BCUT2D eigenvalue weighted by Crippen LogP contribution is -2.04. The minimum Gasteiger partial charge on any atom is -0.478 e. The average molecular weight is 219 g/mol. The van der Waals surface area contributed by atoms with E-state index in [0.29, 0.717) is 25.0 Å². The molecule has 84 valence electrons. The van der Waals surface area contributed by atoms with Crippen LogP contribution in [0.4, 0.5) is 5.95 Å². The van der Waals surface area contributed by atoms with Crippen molar-refractivity contribution in [2.75, 3.05) is 11.9 Å². The molecule has 0 saturated carbocycles. The van der Waals surface area contributed by atoms with E-state index in [1.807, 2.05) is 13.0 Å². The summed E-state index contributed by atoms with van der Waals surface area (Å²) in [5.74, 6) is 1.12. The highest BCUT2D eigenvalue weighted by Gasteiger charge is 2.00. The fraction of sp³-hybridized carbons (Fsp3) is 0.273. The Morgan fingerprint density at radius 3 is 3.12 bits per heavy atom. The van der Waals surface area contributed by atoms with Crippen LogP contribution in [0.3, 0.4) is 0 Å². The second-order valence-corrected chi connectivity index (χ2v) is 3.14. The van der Waals surface area contributed by atoms with Crippen LogP contribution < -0.4 is 10.1 Å². The van der Waals surface area contributed by atoms with E-state index in [4.69, 9.17) is 9.15 Å². The summed E-state index contributed by atoms with van der Waals surface area (Å²) in [5.41, 5.74) is 1.05. The molecule has 2 rings (SSSR count). The molecule has 0 aromatic carbocycles. The van der Waals surface area contributed by atoms with Crippen molar-refractivity contribution in [2.45, 2.75) is 13.5 Å². The van der Waals surface area contributed by atoms with E-state index in [0.717, 1.165) is 5.56 Å². The lowest BCUT2D eigenvalue weighted by molar-refractivity contribution is 0.326. The van der Waals surface area contributed by atoms with E-state index in [1.165, 1.54) is 0 Å². The highest BCUT2D eigenvalue weighted by molar-refractivity contribution is 5.28. The SMILES string of the molecule is CCOc1ccnc(NCc2ccoc2)n1. The summed E-state index contributed by atoms with van der Waals surface area (Å²) in [6.07, 6.45) is 4.98. The first kappa shape index (κ1) is 10.5. The molecule has 0 aliphatic carbocycles. The molecule has 0 aliphatic rings. The minimum absolute atomic E-state index is 0.548. The number of nitrogens with zero attached hydrogens (tertiary/aromatic N) is 2. The van der Waals surface area contributed by atoms with E-state index in [-0.39, 0.29) is 0 Å². The smallest absolute Gasteiger partial charge is 0.226 e. The summed E-state index contributed by atoms with van der Waals surface area (Å²) >= 11 is 0. The summed E-state index contributed by atoms with van der Waals surface area (Å²) in [4.78, 5) is 8.28. The number of hydrogen-bond acceptors (Lipinski definition) is 5. The Labute approximate surface area is 93.5 Å². The van der Waals surface area contributed by atoms with Crippen molar-refractivity contribution in [1.29, 1.82) is 0 Å². The van der Waals surface area contributed by atoms with Crippen LogP contribution in [0.2, 0.25) is 0 Å². The van der Waals surface area contributed by atoms with Gasteiger partial charge in [-0.3, -0.25) is 0 Å². The molecular weight excluding hydrogens is 206 g/mol. The van der Waals surface area contributed by atoms with E-state index < -0.39 is 0 Å². The number of ether oxygens (including phenoxy) is 1. The third-order valence-corrected chi connectivity index (χ3v) is 1.95. The summed E-state index contributed by atoms with van der Waals surface area (Å²) < 4.78 is 10.2. The molecule has 2 heterocycles. The number of rotatable bonds is 5. The fourth-order valence-electron chi connectivity index (χ4n) is 1.23. The summed E-state index contributed by atoms with van der Waals surface area (Å²) in [6.45, 7) is 3.14. The first-order chi connectivity index (χ1) is 7.88. The molecule has 0 unspecified atom stereocenters. The van der Waals surface area contributed by atoms with Crippen LogP contribution in [0.1, 0.15) is 12.5 Å². The number of furan rings is 1. The molecule has 0 saturated heterocycles. The molecule has 2 aromatic heterocycles. The molecule has 1 N–H and O–H groups in total. The monoisotopic (exact) mass is 219 g/mol. The standard InChI is InChI=1S/C11H13N3O2/c1-2-16-10-3-5-12-11(14-10)13-7-9-4-6-15-8-9/h3-6,8H,2,7H2,1H3,(H,12,13,14). The third kappa shape index (κ3) is 2.73. The Morgan fingerprint density at radius 2 is 2.38 bits per heavy atom. The van der Waals surface area contributed by atoms with Gasteiger partial charge in [-0.1, -0.05) is 0 Å². The largest absolute Gasteiger partial charge is 0.478 e. The van der Waals surface area contributed by atoms with Crippen molar-refractivity contribution in [1.82, 2.24) is 9.97 Å². The van der Waals surface area contributed by atoms with Crippen molar-refractivity contribution in [2.24, 2.45) is 0 Å². The number of aromatic nitrogens is 2. The molecule has 0 atom stereocenters. The Morgan fingerprint density at radius 1 is 1.44 bits per heavy atom. The molecular formula is C11H13N3O2. The molecule has 0 aliphatic heterocycles. The van der Waals surface area contributed by atoms with Gasteiger partial charge in [-0.25, -0.2) is 4.98 Å². The average Bonchev–Trinajstić information content (AvgIpc) is 2.80. The van der Waals surface area contributed by atoms with Crippen molar-refractivity contribution < 1.29 is 9.15 Å². The fourth-order valence-corrected chi connectivity index (χ4v) is 1.23. The van der Waals surface area contributed by atoms with Gasteiger partial charge in [0.1, 0.15) is 0 Å². The van der Waals surface area contributed by atoms with Crippen molar-refractivity contribution in [3.05, 3.63) is 36.4 Å². The molecule has 5 nitrogen and oxygen atoms in total. The first-order valence-corrected chi connectivity index (χ1v) is 5.09. The highest BCUT2D eigenvalue weighted by atomic mass is 16.5. The normalized spacial score (nSPS) is 10.1. The second kappa shape index (κ2) is 5.16. The van der Waals surface area contributed by atoms with Crippen LogP contribution in [-0.4, -0.2) is 16.6 Å². The Kier molecular flexibility index (Phi) is 3.38. The molecule has 0 bridgehead atoms. The first-order valence-electron chi connectivity index (χ1n) is 5.09. The zero-order valence-corrected chi connectivity index (χ0v) is 9.01. The number of anilines is 1. The number of nitrogens with one attached hydrogen (secondary N) is 1. The van der Waals surface area contributed by atoms with Crippen LogP contribution in [-0.2, 0) is 6.54 Å². The second-order valence-electron chi connectivity index (χ2n) is 3.14. The maximum atomic E-state index is 5.27. The van der Waals surface area contributed by atoms with Gasteiger partial charge in [0.2, 0.25) is 11.8 Å². The van der Waals surface area contributed by atoms with Gasteiger partial charge < -0.3 is 14.5 Å². The van der Waals surface area contributed by atoms with Crippen LogP contribution in [0, 0.1) is 0 Å². The van der Waals surface area contributed by atoms with Gasteiger partial charge in [-0.2, -0.15) is 4.98 Å². The topological polar surface area (TPSA) is 60.2 Å². The molecule has 0 fully saturated rings. The Balaban J connectivity index is 1.96. The zero-order chi connectivity index (χ0) is 11.2. The maximum Gasteiger partial charge on any atom is 0.226 e. The Hall–Kier alpha value is -2.04.